The first-order valence-electron chi connectivity index (χ1n) is 4.75. The minimum Gasteiger partial charge on any atom is -0.341 e. The van der Waals surface area contributed by atoms with Crippen LogP contribution >= 0.6 is 11.8 Å². The van der Waals surface area contributed by atoms with Crippen molar-refractivity contribution in [3.05, 3.63) is 0 Å². The van der Waals surface area contributed by atoms with Gasteiger partial charge in [0.2, 0.25) is 5.12 Å². The molecular weight excluding hydrogens is 172 g/mol. The summed E-state index contributed by atoms with van der Waals surface area (Å²) in [5, 5.41) is -0.304. The zero-order valence-electron chi connectivity index (χ0n) is 7.97. The minimum atomic E-state index is -0.304. The smallest absolute Gasteiger partial charge is 0.218 e. The van der Waals surface area contributed by atoms with E-state index in [1.54, 1.807) is 0 Å². The van der Waals surface area contributed by atoms with Gasteiger partial charge in [0.15, 0.2) is 0 Å². The maximum Gasteiger partial charge on any atom is 0.218 e. The highest BCUT2D eigenvalue weighted by atomic mass is 32.2. The molecule has 72 valence electrons. The number of rotatable bonds is 4. The van der Waals surface area contributed by atoms with E-state index in [-0.39, 0.29) is 5.12 Å². The van der Waals surface area contributed by atoms with Crippen molar-refractivity contribution in [2.75, 3.05) is 19.0 Å². The summed E-state index contributed by atoms with van der Waals surface area (Å²) < 4.78 is 11.3. The van der Waals surface area contributed by atoms with Crippen LogP contribution in [0.1, 0.15) is 33.1 Å². The van der Waals surface area contributed by atoms with Crippen LogP contribution in [-0.2, 0) is 9.47 Å². The highest BCUT2D eigenvalue weighted by molar-refractivity contribution is 8.00. The van der Waals surface area contributed by atoms with Crippen molar-refractivity contribution in [3.8, 4) is 0 Å². The molecule has 1 rings (SSSR count). The number of hydrogen-bond acceptors (Lipinski definition) is 3. The van der Waals surface area contributed by atoms with Crippen molar-refractivity contribution in [3.63, 3.8) is 0 Å². The topological polar surface area (TPSA) is 18.5 Å². The van der Waals surface area contributed by atoms with E-state index in [0.29, 0.717) is 0 Å². The molecule has 0 aliphatic carbocycles. The van der Waals surface area contributed by atoms with Crippen LogP contribution in [0.5, 0.6) is 0 Å². The zero-order valence-corrected chi connectivity index (χ0v) is 8.78. The lowest BCUT2D eigenvalue weighted by atomic mass is 10.2. The molecule has 1 aliphatic rings. The fourth-order valence-electron chi connectivity index (χ4n) is 1.45. The standard InChI is InChI=1S/C9H18O2S/c1-3-10-9(11-4-2)7-5-6-8-12-9/h3-8H2,1-2H3. The molecule has 3 heteroatoms. The number of hydrogen-bond donors (Lipinski definition) is 0. The highest BCUT2D eigenvalue weighted by Crippen LogP contribution is 2.38. The van der Waals surface area contributed by atoms with Gasteiger partial charge in [0.05, 0.1) is 0 Å². The van der Waals surface area contributed by atoms with Gasteiger partial charge in [0.1, 0.15) is 0 Å². The monoisotopic (exact) mass is 190 g/mol. The van der Waals surface area contributed by atoms with Crippen molar-refractivity contribution < 1.29 is 9.47 Å². The van der Waals surface area contributed by atoms with Gasteiger partial charge < -0.3 is 9.47 Å². The van der Waals surface area contributed by atoms with Crippen LogP contribution in [0, 0.1) is 0 Å². The molecule has 0 aromatic carbocycles. The zero-order chi connectivity index (χ0) is 8.86. The van der Waals surface area contributed by atoms with Crippen LogP contribution in [0.4, 0.5) is 0 Å². The van der Waals surface area contributed by atoms with Crippen LogP contribution in [0.3, 0.4) is 0 Å². The lowest BCUT2D eigenvalue weighted by Gasteiger charge is -2.35. The Kier molecular flexibility index (Phi) is 4.40. The molecule has 0 bridgehead atoms. The van der Waals surface area contributed by atoms with Gasteiger partial charge >= 0.3 is 0 Å². The normalized spacial score (nSPS) is 22.5. The molecular formula is C9H18O2S. The Morgan fingerprint density at radius 2 is 1.83 bits per heavy atom. The van der Waals surface area contributed by atoms with E-state index in [9.17, 15) is 0 Å². The molecule has 0 atom stereocenters. The largest absolute Gasteiger partial charge is 0.341 e. The summed E-state index contributed by atoms with van der Waals surface area (Å²) in [6.07, 6.45) is 3.57. The summed E-state index contributed by atoms with van der Waals surface area (Å²) in [7, 11) is 0. The van der Waals surface area contributed by atoms with Crippen LogP contribution in [0.25, 0.3) is 0 Å². The number of ether oxygens (including phenoxy) is 2. The van der Waals surface area contributed by atoms with Crippen molar-refractivity contribution in [1.29, 1.82) is 0 Å². The van der Waals surface area contributed by atoms with Crippen LogP contribution in [-0.4, -0.2) is 24.1 Å². The molecule has 0 amide bonds. The molecule has 0 N–H and O–H groups in total. The lowest BCUT2D eigenvalue weighted by molar-refractivity contribution is -0.171. The van der Waals surface area contributed by atoms with Crippen LogP contribution in [0.15, 0.2) is 0 Å². The van der Waals surface area contributed by atoms with E-state index in [1.807, 2.05) is 25.6 Å². The molecule has 0 unspecified atom stereocenters. The van der Waals surface area contributed by atoms with Crippen LogP contribution in [0.2, 0.25) is 0 Å². The first-order chi connectivity index (χ1) is 5.83. The van der Waals surface area contributed by atoms with Gasteiger partial charge in [-0.25, -0.2) is 0 Å². The Hall–Kier alpha value is 0.270. The van der Waals surface area contributed by atoms with Crippen molar-refractivity contribution >= 4 is 11.8 Å². The minimum absolute atomic E-state index is 0.304. The maximum atomic E-state index is 5.65. The van der Waals surface area contributed by atoms with Crippen molar-refractivity contribution in [1.82, 2.24) is 0 Å². The second-order valence-corrected chi connectivity index (χ2v) is 4.17. The Morgan fingerprint density at radius 3 is 2.25 bits per heavy atom. The van der Waals surface area contributed by atoms with Crippen molar-refractivity contribution in [2.24, 2.45) is 0 Å². The third-order valence-corrected chi connectivity index (χ3v) is 3.30. The molecule has 0 radical (unpaired) electrons. The Morgan fingerprint density at radius 1 is 1.17 bits per heavy atom. The predicted octanol–water partition coefficient (Wildman–Crippen LogP) is 2.63. The summed E-state index contributed by atoms with van der Waals surface area (Å²) in [5.41, 5.74) is 0. The second kappa shape index (κ2) is 5.10. The summed E-state index contributed by atoms with van der Waals surface area (Å²) in [6, 6.07) is 0. The van der Waals surface area contributed by atoms with Gasteiger partial charge in [-0.2, -0.15) is 0 Å². The van der Waals surface area contributed by atoms with E-state index in [0.717, 1.165) is 19.6 Å². The lowest BCUT2D eigenvalue weighted by Crippen LogP contribution is -2.35. The Labute approximate surface area is 79.0 Å². The fraction of sp³-hybridized carbons (Fsp3) is 1.00. The highest BCUT2D eigenvalue weighted by Gasteiger charge is 2.33. The van der Waals surface area contributed by atoms with Crippen molar-refractivity contribution in [2.45, 2.75) is 38.2 Å². The summed E-state index contributed by atoms with van der Waals surface area (Å²) in [4.78, 5) is 0. The SMILES string of the molecule is CCOC1(OCC)CCCCS1. The first-order valence-corrected chi connectivity index (χ1v) is 5.73. The molecule has 0 saturated carbocycles. The van der Waals surface area contributed by atoms with E-state index >= 15 is 0 Å². The molecule has 1 heterocycles. The molecule has 12 heavy (non-hydrogen) atoms. The fourth-order valence-corrected chi connectivity index (χ4v) is 2.80. The Bertz CT molecular complexity index is 106. The molecule has 1 saturated heterocycles. The predicted molar refractivity (Wildman–Crippen MR) is 52.3 cm³/mol. The maximum absolute atomic E-state index is 5.65. The molecule has 0 spiro atoms. The summed E-state index contributed by atoms with van der Waals surface area (Å²) in [5.74, 6) is 1.17. The van der Waals surface area contributed by atoms with E-state index in [4.69, 9.17) is 9.47 Å². The van der Waals surface area contributed by atoms with Gasteiger partial charge in [-0.1, -0.05) is 11.8 Å². The molecule has 2 nitrogen and oxygen atoms in total. The van der Waals surface area contributed by atoms with Gasteiger partial charge in [0, 0.05) is 19.6 Å². The Balaban J connectivity index is 2.44. The number of thioether (sulfide) groups is 1. The summed E-state index contributed by atoms with van der Waals surface area (Å²) >= 11 is 1.82. The molecule has 0 aromatic rings. The third-order valence-electron chi connectivity index (χ3n) is 1.93. The van der Waals surface area contributed by atoms with Gasteiger partial charge in [-0.15, -0.1) is 0 Å². The molecule has 0 aromatic heterocycles. The molecule has 1 fully saturated rings. The third kappa shape index (κ3) is 2.64. The van der Waals surface area contributed by atoms with Gasteiger partial charge in [-0.05, 0) is 32.4 Å². The average Bonchev–Trinajstić information content (AvgIpc) is 2.07. The van der Waals surface area contributed by atoms with E-state index in [1.165, 1.54) is 18.6 Å². The summed E-state index contributed by atoms with van der Waals surface area (Å²) in [6.45, 7) is 5.53. The first kappa shape index (κ1) is 10.4. The average molecular weight is 190 g/mol. The second-order valence-electron chi connectivity index (χ2n) is 2.85. The van der Waals surface area contributed by atoms with Gasteiger partial charge in [0.25, 0.3) is 0 Å². The quantitative estimate of drug-likeness (QED) is 0.635. The van der Waals surface area contributed by atoms with E-state index < -0.39 is 0 Å². The van der Waals surface area contributed by atoms with E-state index in [2.05, 4.69) is 0 Å². The van der Waals surface area contributed by atoms with Gasteiger partial charge in [-0.3, -0.25) is 0 Å². The molecule has 1 aliphatic heterocycles. The van der Waals surface area contributed by atoms with Crippen LogP contribution < -0.4 is 0 Å².